The molecule has 2 N–H and O–H groups in total. The fourth-order valence-electron chi connectivity index (χ4n) is 2.34. The predicted octanol–water partition coefficient (Wildman–Crippen LogP) is 2.84. The number of sulfonamides is 1. The number of rotatable bonds is 7. The van der Waals surface area contributed by atoms with Crippen molar-refractivity contribution in [3.8, 4) is 0 Å². The van der Waals surface area contributed by atoms with Crippen LogP contribution in [-0.2, 0) is 16.6 Å². The first-order valence-electron chi connectivity index (χ1n) is 7.92. The Morgan fingerprint density at radius 1 is 1.04 bits per heavy atom. The summed E-state index contributed by atoms with van der Waals surface area (Å²) in [5, 5.41) is 2.79. The molecular weight excluding hydrogens is 356 g/mol. The molecule has 0 aliphatic rings. The molecule has 0 radical (unpaired) electrons. The minimum Gasteiger partial charge on any atom is -0.468 e. The molecule has 3 rings (SSSR count). The number of carbonyl (C=O) groups excluding carboxylic acids is 1. The molecular formula is C18H18N2O5S. The van der Waals surface area contributed by atoms with Crippen LogP contribution >= 0.6 is 0 Å². The molecule has 0 aliphatic heterocycles. The second-order valence-electron chi connectivity index (χ2n) is 5.64. The third-order valence-electron chi connectivity index (χ3n) is 3.76. The second kappa shape index (κ2) is 7.59. The van der Waals surface area contributed by atoms with Crippen molar-refractivity contribution in [3.63, 3.8) is 0 Å². The summed E-state index contributed by atoms with van der Waals surface area (Å²) < 4.78 is 37.3. The first-order chi connectivity index (χ1) is 12.5. The van der Waals surface area contributed by atoms with Gasteiger partial charge in [0.25, 0.3) is 5.91 Å². The minimum atomic E-state index is -3.69. The first kappa shape index (κ1) is 18.0. The summed E-state index contributed by atoms with van der Waals surface area (Å²) in [6, 6.07) is 12.3. The van der Waals surface area contributed by atoms with Gasteiger partial charge in [0, 0.05) is 5.56 Å². The number of benzene rings is 1. The Morgan fingerprint density at radius 3 is 2.35 bits per heavy atom. The van der Waals surface area contributed by atoms with Crippen LogP contribution in [-0.4, -0.2) is 14.3 Å². The maximum atomic E-state index is 12.3. The summed E-state index contributed by atoms with van der Waals surface area (Å²) in [4.78, 5) is 12.3. The van der Waals surface area contributed by atoms with Crippen LogP contribution in [0.5, 0.6) is 0 Å². The van der Waals surface area contributed by atoms with E-state index in [1.165, 1.54) is 36.8 Å². The van der Waals surface area contributed by atoms with E-state index in [-0.39, 0.29) is 23.4 Å². The van der Waals surface area contributed by atoms with Crippen molar-refractivity contribution in [2.24, 2.45) is 0 Å². The smallest absolute Gasteiger partial charge is 0.251 e. The zero-order chi connectivity index (χ0) is 18.6. The zero-order valence-electron chi connectivity index (χ0n) is 14.0. The van der Waals surface area contributed by atoms with Crippen LogP contribution in [0.2, 0.25) is 0 Å². The van der Waals surface area contributed by atoms with Gasteiger partial charge < -0.3 is 14.2 Å². The summed E-state index contributed by atoms with van der Waals surface area (Å²) >= 11 is 0. The van der Waals surface area contributed by atoms with Gasteiger partial charge in [0.15, 0.2) is 0 Å². The normalized spacial score (nSPS) is 12.7. The molecule has 0 aliphatic carbocycles. The maximum absolute atomic E-state index is 12.3. The van der Waals surface area contributed by atoms with E-state index in [1.54, 1.807) is 31.2 Å². The van der Waals surface area contributed by atoms with Crippen molar-refractivity contribution in [1.29, 1.82) is 0 Å². The molecule has 3 aromatic rings. The van der Waals surface area contributed by atoms with Gasteiger partial charge >= 0.3 is 0 Å². The predicted molar refractivity (Wildman–Crippen MR) is 93.8 cm³/mol. The van der Waals surface area contributed by atoms with Crippen LogP contribution in [0, 0.1) is 0 Å². The van der Waals surface area contributed by atoms with Gasteiger partial charge in [-0.15, -0.1) is 0 Å². The highest BCUT2D eigenvalue weighted by Gasteiger charge is 2.17. The van der Waals surface area contributed by atoms with E-state index in [1.807, 2.05) is 0 Å². The number of hydrogen-bond donors (Lipinski definition) is 2. The van der Waals surface area contributed by atoms with Crippen molar-refractivity contribution in [2.45, 2.75) is 24.4 Å². The maximum Gasteiger partial charge on any atom is 0.251 e. The summed E-state index contributed by atoms with van der Waals surface area (Å²) in [5.41, 5.74) is 0.355. The Balaban J connectivity index is 1.64. The van der Waals surface area contributed by atoms with Gasteiger partial charge in [0.1, 0.15) is 11.5 Å². The van der Waals surface area contributed by atoms with Gasteiger partial charge in [-0.3, -0.25) is 4.79 Å². The first-order valence-corrected chi connectivity index (χ1v) is 9.40. The molecule has 1 atom stereocenters. The monoisotopic (exact) mass is 374 g/mol. The van der Waals surface area contributed by atoms with Gasteiger partial charge in [0.2, 0.25) is 10.0 Å². The third-order valence-corrected chi connectivity index (χ3v) is 5.18. The molecule has 0 saturated heterocycles. The lowest BCUT2D eigenvalue weighted by Crippen LogP contribution is -2.26. The number of furan rings is 2. The Hall–Kier alpha value is -2.84. The molecule has 0 saturated carbocycles. The van der Waals surface area contributed by atoms with E-state index in [4.69, 9.17) is 8.83 Å². The molecule has 7 nitrogen and oxygen atoms in total. The molecule has 136 valence electrons. The molecule has 1 amide bonds. The Bertz CT molecular complexity index is 946. The fraction of sp³-hybridized carbons (Fsp3) is 0.167. The number of hydrogen-bond acceptors (Lipinski definition) is 5. The molecule has 1 aromatic carbocycles. The van der Waals surface area contributed by atoms with Crippen LogP contribution in [0.3, 0.4) is 0 Å². The SMILES string of the molecule is C[C@@H](NC(=O)c1ccc(S(=O)(=O)NCc2ccco2)cc1)c1ccco1. The standard InChI is InChI=1S/C18H18N2O5S/c1-13(17-5-3-11-25-17)20-18(21)14-6-8-16(9-7-14)26(22,23)19-12-15-4-2-10-24-15/h2-11,13,19H,12H2,1H3,(H,20,21)/t13-/m1/s1. The molecule has 26 heavy (non-hydrogen) atoms. The molecule has 0 spiro atoms. The summed E-state index contributed by atoms with van der Waals surface area (Å²) in [6.07, 6.45) is 3.01. The van der Waals surface area contributed by atoms with Crippen LogP contribution in [0.25, 0.3) is 0 Å². The molecule has 0 fully saturated rings. The third kappa shape index (κ3) is 4.22. The highest BCUT2D eigenvalue weighted by atomic mass is 32.2. The van der Waals surface area contributed by atoms with Crippen molar-refractivity contribution in [1.82, 2.24) is 10.0 Å². The largest absolute Gasteiger partial charge is 0.468 e. The van der Waals surface area contributed by atoms with Gasteiger partial charge in [-0.2, -0.15) is 0 Å². The van der Waals surface area contributed by atoms with Gasteiger partial charge in [-0.1, -0.05) is 0 Å². The number of nitrogens with one attached hydrogen (secondary N) is 2. The van der Waals surface area contributed by atoms with E-state index in [0.717, 1.165) is 0 Å². The van der Waals surface area contributed by atoms with Gasteiger partial charge in [-0.25, -0.2) is 13.1 Å². The summed E-state index contributed by atoms with van der Waals surface area (Å²) in [7, 11) is -3.69. The lowest BCUT2D eigenvalue weighted by Gasteiger charge is -2.12. The Kier molecular flexibility index (Phi) is 5.24. The Labute approximate surface area is 151 Å². The van der Waals surface area contributed by atoms with E-state index in [9.17, 15) is 13.2 Å². The number of carbonyl (C=O) groups is 1. The van der Waals surface area contributed by atoms with Crippen LogP contribution < -0.4 is 10.0 Å². The van der Waals surface area contributed by atoms with Crippen molar-refractivity contribution >= 4 is 15.9 Å². The van der Waals surface area contributed by atoms with Crippen molar-refractivity contribution < 1.29 is 22.0 Å². The van der Waals surface area contributed by atoms with Crippen LogP contribution in [0.15, 0.2) is 74.8 Å². The topological polar surface area (TPSA) is 102 Å². The lowest BCUT2D eigenvalue weighted by atomic mass is 10.2. The molecule has 2 aromatic heterocycles. The molecule has 0 bridgehead atoms. The minimum absolute atomic E-state index is 0.0538. The van der Waals surface area contributed by atoms with Crippen molar-refractivity contribution in [2.75, 3.05) is 0 Å². The summed E-state index contributed by atoms with van der Waals surface area (Å²) in [5.74, 6) is 0.831. The van der Waals surface area contributed by atoms with Gasteiger partial charge in [0.05, 0.1) is 30.0 Å². The second-order valence-corrected chi connectivity index (χ2v) is 7.41. The van der Waals surface area contributed by atoms with E-state index < -0.39 is 10.0 Å². The highest BCUT2D eigenvalue weighted by Crippen LogP contribution is 2.15. The average molecular weight is 374 g/mol. The molecule has 8 heteroatoms. The van der Waals surface area contributed by atoms with E-state index >= 15 is 0 Å². The number of amides is 1. The molecule has 2 heterocycles. The lowest BCUT2D eigenvalue weighted by molar-refractivity contribution is 0.0935. The van der Waals surface area contributed by atoms with E-state index in [0.29, 0.717) is 17.1 Å². The highest BCUT2D eigenvalue weighted by molar-refractivity contribution is 7.89. The Morgan fingerprint density at radius 2 is 1.73 bits per heavy atom. The van der Waals surface area contributed by atoms with Crippen molar-refractivity contribution in [3.05, 3.63) is 78.1 Å². The fourth-order valence-corrected chi connectivity index (χ4v) is 3.33. The van der Waals surface area contributed by atoms with E-state index in [2.05, 4.69) is 10.0 Å². The zero-order valence-corrected chi connectivity index (χ0v) is 14.8. The van der Waals surface area contributed by atoms with Crippen LogP contribution in [0.1, 0.15) is 34.8 Å². The average Bonchev–Trinajstić information content (AvgIpc) is 3.34. The molecule has 0 unspecified atom stereocenters. The van der Waals surface area contributed by atoms with Gasteiger partial charge in [-0.05, 0) is 55.5 Å². The quantitative estimate of drug-likeness (QED) is 0.662. The summed E-state index contributed by atoms with van der Waals surface area (Å²) in [6.45, 7) is 1.85. The van der Waals surface area contributed by atoms with Crippen LogP contribution in [0.4, 0.5) is 0 Å².